The number of hydrogen-bond acceptors (Lipinski definition) is 5. The Morgan fingerprint density at radius 1 is 1.56 bits per heavy atom. The lowest BCUT2D eigenvalue weighted by Crippen LogP contribution is -2.38. The largest absolute Gasteiger partial charge is 0.394 e. The van der Waals surface area contributed by atoms with Gasteiger partial charge in [0.2, 0.25) is 0 Å². The lowest BCUT2D eigenvalue weighted by Gasteiger charge is -2.23. The highest BCUT2D eigenvalue weighted by molar-refractivity contribution is 5.03. The number of aromatic nitrogens is 2. The third kappa shape index (κ3) is 5.59. The number of aliphatic hydroxyl groups is 2. The second-order valence-electron chi connectivity index (χ2n) is 4.68. The first kappa shape index (κ1) is 15.1. The molecule has 0 radical (unpaired) electrons. The zero-order valence-corrected chi connectivity index (χ0v) is 11.1. The van der Waals surface area contributed by atoms with Crippen molar-refractivity contribution in [1.82, 2.24) is 15.1 Å². The first-order valence-electron chi connectivity index (χ1n) is 6.11. The summed E-state index contributed by atoms with van der Waals surface area (Å²) in [5.74, 6) is 0. The zero-order valence-electron chi connectivity index (χ0n) is 11.1. The molecule has 18 heavy (non-hydrogen) atoms. The normalized spacial score (nSPS) is 14.7. The van der Waals surface area contributed by atoms with Crippen molar-refractivity contribution in [2.75, 3.05) is 26.9 Å². The van der Waals surface area contributed by atoms with Gasteiger partial charge in [-0.2, -0.15) is 5.10 Å². The van der Waals surface area contributed by atoms with Crippen LogP contribution in [0.15, 0.2) is 12.4 Å². The van der Waals surface area contributed by atoms with Crippen molar-refractivity contribution in [3.63, 3.8) is 0 Å². The standard InChI is InChI=1S/C12H23N3O3/c1-12(17,3-6-18-2)10-13-7-11-8-14-15(9-11)4-5-16/h8-9,13,16-17H,3-7,10H2,1-2H3. The van der Waals surface area contributed by atoms with Crippen molar-refractivity contribution in [3.05, 3.63) is 18.0 Å². The van der Waals surface area contributed by atoms with E-state index in [2.05, 4.69) is 10.4 Å². The van der Waals surface area contributed by atoms with E-state index in [0.717, 1.165) is 5.56 Å². The molecule has 1 atom stereocenters. The van der Waals surface area contributed by atoms with E-state index in [1.54, 1.807) is 24.9 Å². The van der Waals surface area contributed by atoms with Gasteiger partial charge in [-0.05, 0) is 6.92 Å². The van der Waals surface area contributed by atoms with Crippen molar-refractivity contribution in [2.24, 2.45) is 0 Å². The first-order valence-corrected chi connectivity index (χ1v) is 6.11. The molecule has 1 rings (SSSR count). The smallest absolute Gasteiger partial charge is 0.0765 e. The highest BCUT2D eigenvalue weighted by atomic mass is 16.5. The number of aliphatic hydroxyl groups excluding tert-OH is 1. The molecule has 0 bridgehead atoms. The molecule has 3 N–H and O–H groups in total. The molecule has 1 unspecified atom stereocenters. The number of nitrogens with one attached hydrogen (secondary N) is 1. The highest BCUT2D eigenvalue weighted by Crippen LogP contribution is 2.08. The molecule has 0 aliphatic heterocycles. The van der Waals surface area contributed by atoms with E-state index in [4.69, 9.17) is 9.84 Å². The Morgan fingerprint density at radius 2 is 2.33 bits per heavy atom. The van der Waals surface area contributed by atoms with Gasteiger partial charge < -0.3 is 20.3 Å². The fraction of sp³-hybridized carbons (Fsp3) is 0.750. The molecule has 0 aromatic carbocycles. The zero-order chi connectivity index (χ0) is 13.4. The average molecular weight is 257 g/mol. The molecular formula is C12H23N3O3. The van der Waals surface area contributed by atoms with Gasteiger partial charge in [-0.1, -0.05) is 0 Å². The number of rotatable bonds is 9. The maximum Gasteiger partial charge on any atom is 0.0765 e. The van der Waals surface area contributed by atoms with E-state index in [-0.39, 0.29) is 6.61 Å². The summed E-state index contributed by atoms with van der Waals surface area (Å²) in [6.45, 7) is 4.07. The van der Waals surface area contributed by atoms with Crippen LogP contribution >= 0.6 is 0 Å². The Balaban J connectivity index is 2.27. The number of hydrogen-bond donors (Lipinski definition) is 3. The molecule has 6 nitrogen and oxygen atoms in total. The van der Waals surface area contributed by atoms with Crippen LogP contribution in [0, 0.1) is 0 Å². The quantitative estimate of drug-likeness (QED) is 0.568. The van der Waals surface area contributed by atoms with Crippen molar-refractivity contribution in [2.45, 2.75) is 32.0 Å². The number of nitrogens with zero attached hydrogens (tertiary/aromatic N) is 2. The fourth-order valence-electron chi connectivity index (χ4n) is 1.61. The Bertz CT molecular complexity index is 339. The van der Waals surface area contributed by atoms with Crippen LogP contribution in [0.3, 0.4) is 0 Å². The minimum atomic E-state index is -0.767. The summed E-state index contributed by atoms with van der Waals surface area (Å²) in [5, 5.41) is 26.1. The molecule has 0 saturated carbocycles. The van der Waals surface area contributed by atoms with Gasteiger partial charge in [0, 0.05) is 45.0 Å². The molecule has 0 aliphatic carbocycles. The van der Waals surface area contributed by atoms with E-state index in [1.165, 1.54) is 0 Å². The molecular weight excluding hydrogens is 234 g/mol. The van der Waals surface area contributed by atoms with Gasteiger partial charge in [-0.15, -0.1) is 0 Å². The third-order valence-electron chi connectivity index (χ3n) is 2.70. The third-order valence-corrected chi connectivity index (χ3v) is 2.70. The number of ether oxygens (including phenoxy) is 1. The molecule has 104 valence electrons. The molecule has 0 amide bonds. The van der Waals surface area contributed by atoms with Crippen molar-refractivity contribution < 1.29 is 14.9 Å². The molecule has 0 spiro atoms. The maximum absolute atomic E-state index is 10.0. The summed E-state index contributed by atoms with van der Waals surface area (Å²) >= 11 is 0. The predicted octanol–water partition coefficient (Wildman–Crippen LogP) is -0.247. The van der Waals surface area contributed by atoms with Crippen LogP contribution in [0.5, 0.6) is 0 Å². The molecule has 0 fully saturated rings. The van der Waals surface area contributed by atoms with Crippen molar-refractivity contribution >= 4 is 0 Å². The Morgan fingerprint density at radius 3 is 3.00 bits per heavy atom. The van der Waals surface area contributed by atoms with Crippen LogP contribution in [0.25, 0.3) is 0 Å². The molecule has 1 aromatic rings. The SMILES string of the molecule is COCCC(C)(O)CNCc1cnn(CCO)c1. The van der Waals surface area contributed by atoms with Gasteiger partial charge in [0.1, 0.15) is 0 Å². The van der Waals surface area contributed by atoms with E-state index < -0.39 is 5.60 Å². The van der Waals surface area contributed by atoms with Crippen molar-refractivity contribution in [3.8, 4) is 0 Å². The summed E-state index contributed by atoms with van der Waals surface area (Å²) in [6, 6.07) is 0. The van der Waals surface area contributed by atoms with Crippen LogP contribution < -0.4 is 5.32 Å². The van der Waals surface area contributed by atoms with Crippen LogP contribution in [0.1, 0.15) is 18.9 Å². The average Bonchev–Trinajstić information content (AvgIpc) is 2.75. The van der Waals surface area contributed by atoms with Crippen LogP contribution in [0.2, 0.25) is 0 Å². The highest BCUT2D eigenvalue weighted by Gasteiger charge is 2.19. The maximum atomic E-state index is 10.0. The fourth-order valence-corrected chi connectivity index (χ4v) is 1.61. The molecule has 1 heterocycles. The van der Waals surface area contributed by atoms with Crippen LogP contribution in [0.4, 0.5) is 0 Å². The van der Waals surface area contributed by atoms with Crippen molar-refractivity contribution in [1.29, 1.82) is 0 Å². The van der Waals surface area contributed by atoms with Gasteiger partial charge in [0.25, 0.3) is 0 Å². The van der Waals surface area contributed by atoms with Gasteiger partial charge in [-0.25, -0.2) is 0 Å². The molecule has 1 aromatic heterocycles. The molecule has 6 heteroatoms. The van der Waals surface area contributed by atoms with E-state index in [1.807, 2.05) is 6.20 Å². The first-order chi connectivity index (χ1) is 8.57. The van der Waals surface area contributed by atoms with Gasteiger partial charge >= 0.3 is 0 Å². The summed E-state index contributed by atoms with van der Waals surface area (Å²) in [6.07, 6.45) is 4.24. The Kier molecular flexibility index (Phi) is 6.28. The van der Waals surface area contributed by atoms with Crippen LogP contribution in [-0.4, -0.2) is 52.5 Å². The summed E-state index contributed by atoms with van der Waals surface area (Å²) < 4.78 is 6.64. The van der Waals surface area contributed by atoms with E-state index in [9.17, 15) is 5.11 Å². The molecule has 0 saturated heterocycles. The predicted molar refractivity (Wildman–Crippen MR) is 68.1 cm³/mol. The summed E-state index contributed by atoms with van der Waals surface area (Å²) in [5.41, 5.74) is 0.267. The second kappa shape index (κ2) is 7.48. The monoisotopic (exact) mass is 257 g/mol. The number of methoxy groups -OCH3 is 1. The van der Waals surface area contributed by atoms with E-state index in [0.29, 0.717) is 32.7 Å². The Hall–Kier alpha value is -0.950. The lowest BCUT2D eigenvalue weighted by atomic mass is 10.0. The van der Waals surface area contributed by atoms with Gasteiger partial charge in [-0.3, -0.25) is 4.68 Å². The molecule has 0 aliphatic rings. The lowest BCUT2D eigenvalue weighted by molar-refractivity contribution is 0.0247. The van der Waals surface area contributed by atoms with Gasteiger partial charge in [0.15, 0.2) is 0 Å². The van der Waals surface area contributed by atoms with Gasteiger partial charge in [0.05, 0.1) is 24.9 Å². The summed E-state index contributed by atoms with van der Waals surface area (Å²) in [4.78, 5) is 0. The summed E-state index contributed by atoms with van der Waals surface area (Å²) in [7, 11) is 1.62. The van der Waals surface area contributed by atoms with Crippen LogP contribution in [-0.2, 0) is 17.8 Å². The minimum absolute atomic E-state index is 0.0836. The Labute approximate surface area is 108 Å². The minimum Gasteiger partial charge on any atom is -0.394 e. The van der Waals surface area contributed by atoms with E-state index >= 15 is 0 Å². The topological polar surface area (TPSA) is 79.5 Å². The second-order valence-corrected chi connectivity index (χ2v) is 4.68.